The SMILES string of the molecule is CC.COc1c(C)c(O)c2c(O)c(NC(=O)/C(C)=C\C=C\[C@H](C)C[C@@H](C)[C@@H](O)[C@@H](C)[C@H](OC(=O)CC(=O)NCCc3ccccc3)[C@H](C)[C@H](/C=C/O)OC)c3c(c2c1C(C)=O)=NC1(CCN(CC(C)C)CC1)N=3. The number of piperidine rings is 1. The number of aliphatic hydroxyl groups excluding tert-OH is 2. The Balaban J connectivity index is 0.00000570. The molecule has 2 heterocycles. The van der Waals surface area contributed by atoms with E-state index < -0.39 is 65.8 Å². The summed E-state index contributed by atoms with van der Waals surface area (Å²) in [5.74, 6) is -3.76. The molecule has 3 aromatic rings. The van der Waals surface area contributed by atoms with Gasteiger partial charge in [-0.2, -0.15) is 0 Å². The Morgan fingerprint density at radius 2 is 1.53 bits per heavy atom. The van der Waals surface area contributed by atoms with Crippen molar-refractivity contribution in [3.05, 3.63) is 93.9 Å². The molecular formula is C57H81N5O11. The third kappa shape index (κ3) is 14.8. The Morgan fingerprint density at radius 1 is 0.890 bits per heavy atom. The number of Topliss-reactive ketones (excluding diaryl/α,β-unsaturated/α-hetero) is 1. The number of nitrogens with zero attached hydrogens (tertiary/aromatic N) is 3. The summed E-state index contributed by atoms with van der Waals surface area (Å²) >= 11 is 0. The standard InChI is InChI=1S/C55H75N5O11.C2H6/c1-31(2)30-60-25-22-55(23-26-60)58-46-44-43(38(9)62)53(70-11)37(8)50(66)45(44)51(67)48(47(46)59-55)57-54(68)33(4)17-15-16-32(3)28-34(5)49(65)36(7)52(35(6)40(69-10)21-27-61)71-42(64)29-41(63)56-24-20-39-18-13-12-14-19-39;1-2/h12-19,21,27,31-32,34-36,40,49,52,61,65-67H,20,22-26,28-30H2,1-11H3,(H,56,63)(H,57,68);1-2H3/b16-15+,27-21+,33-17-;/t32-,34+,35+,36+,40-,49+,52+;/m0./s1. The van der Waals surface area contributed by atoms with Crippen LogP contribution in [-0.4, -0.2) is 113 Å². The summed E-state index contributed by atoms with van der Waals surface area (Å²) in [5, 5.41) is 51.1. The van der Waals surface area contributed by atoms with Crippen LogP contribution in [0.4, 0.5) is 5.69 Å². The highest BCUT2D eigenvalue weighted by Crippen LogP contribution is 2.45. The number of esters is 1. The number of carbonyl (C=O) groups is 4. The molecule has 16 heteroatoms. The fourth-order valence-corrected chi connectivity index (χ4v) is 9.99. The number of fused-ring (bicyclic) bond motifs is 3. The molecule has 1 saturated heterocycles. The lowest BCUT2D eigenvalue weighted by atomic mass is 9.79. The van der Waals surface area contributed by atoms with Gasteiger partial charge in [0.2, 0.25) is 5.91 Å². The Hall–Kier alpha value is -6.10. The highest BCUT2D eigenvalue weighted by Gasteiger charge is 2.40. The number of hydrogen-bond donors (Lipinski definition) is 6. The lowest BCUT2D eigenvalue weighted by Crippen LogP contribution is -2.44. The number of anilines is 1. The average Bonchev–Trinajstić information content (AvgIpc) is 3.73. The second-order valence-electron chi connectivity index (χ2n) is 19.9. The quantitative estimate of drug-likeness (QED) is 0.0101. The monoisotopic (exact) mass is 1010 g/mol. The first-order valence-corrected chi connectivity index (χ1v) is 25.7. The minimum atomic E-state index is -0.958. The number of phenolic OH excluding ortho intramolecular Hbond substituents is 2. The van der Waals surface area contributed by atoms with Crippen LogP contribution in [0, 0.1) is 36.5 Å². The Morgan fingerprint density at radius 3 is 2.12 bits per heavy atom. The van der Waals surface area contributed by atoms with Crippen LogP contribution in [-0.2, 0) is 30.3 Å². The van der Waals surface area contributed by atoms with Gasteiger partial charge in [-0.25, -0.2) is 0 Å². The smallest absolute Gasteiger partial charge is 0.315 e. The second-order valence-corrected chi connectivity index (χ2v) is 19.9. The number of nitrogens with one attached hydrogen (secondary N) is 2. The summed E-state index contributed by atoms with van der Waals surface area (Å²) in [5.41, 5.74) is 0.814. The van der Waals surface area contributed by atoms with Crippen molar-refractivity contribution >= 4 is 40.0 Å². The van der Waals surface area contributed by atoms with Crippen molar-refractivity contribution in [2.24, 2.45) is 39.6 Å². The molecule has 0 unspecified atom stereocenters. The molecule has 3 aromatic carbocycles. The number of phenols is 2. The van der Waals surface area contributed by atoms with Gasteiger partial charge in [0.1, 0.15) is 35.1 Å². The minimum Gasteiger partial charge on any atom is -0.516 e. The molecule has 0 aliphatic carbocycles. The molecule has 6 N–H and O–H groups in total. The fraction of sp³-hybridized carbons (Fsp3) is 0.544. The van der Waals surface area contributed by atoms with Crippen LogP contribution in [0.2, 0.25) is 0 Å². The van der Waals surface area contributed by atoms with Crippen LogP contribution >= 0.6 is 0 Å². The van der Waals surface area contributed by atoms with E-state index in [1.165, 1.54) is 27.2 Å². The molecule has 2 amide bonds. The van der Waals surface area contributed by atoms with Gasteiger partial charge in [-0.1, -0.05) is 104 Å². The van der Waals surface area contributed by atoms with Crippen molar-refractivity contribution in [3.8, 4) is 17.2 Å². The van der Waals surface area contributed by atoms with E-state index in [0.717, 1.165) is 31.5 Å². The van der Waals surface area contributed by atoms with E-state index in [1.807, 2.05) is 64.1 Å². The van der Waals surface area contributed by atoms with Gasteiger partial charge in [-0.05, 0) is 63.0 Å². The Labute approximate surface area is 431 Å². The van der Waals surface area contributed by atoms with Gasteiger partial charge in [0.15, 0.2) is 17.2 Å². The molecule has 1 spiro atoms. The van der Waals surface area contributed by atoms with E-state index in [1.54, 1.807) is 39.8 Å². The number of hydrogen-bond acceptors (Lipinski definition) is 14. The normalized spacial score (nSPS) is 17.4. The maximum Gasteiger partial charge on any atom is 0.315 e. The lowest BCUT2D eigenvalue weighted by molar-refractivity contribution is -0.163. The number of aliphatic hydroxyl groups is 2. The largest absolute Gasteiger partial charge is 0.516 e. The maximum atomic E-state index is 14.0. The van der Waals surface area contributed by atoms with E-state index in [-0.39, 0.29) is 62.1 Å². The molecular weight excluding hydrogens is 931 g/mol. The predicted molar refractivity (Wildman–Crippen MR) is 284 cm³/mol. The van der Waals surface area contributed by atoms with E-state index in [4.69, 9.17) is 24.2 Å². The minimum absolute atomic E-state index is 0.0243. The number of ketones is 1. The number of benzene rings is 3. The zero-order chi connectivity index (χ0) is 54.3. The number of aromatic hydroxyl groups is 2. The molecule has 0 radical (unpaired) electrons. The zero-order valence-corrected chi connectivity index (χ0v) is 45.2. The van der Waals surface area contributed by atoms with Gasteiger partial charge in [0, 0.05) is 74.5 Å². The summed E-state index contributed by atoms with van der Waals surface area (Å²) in [7, 11) is 2.87. The van der Waals surface area contributed by atoms with Crippen LogP contribution < -0.4 is 26.1 Å². The van der Waals surface area contributed by atoms with Gasteiger partial charge in [-0.15, -0.1) is 0 Å². The third-order valence-corrected chi connectivity index (χ3v) is 13.8. The average molecular weight is 1010 g/mol. The first-order chi connectivity index (χ1) is 34.7. The highest BCUT2D eigenvalue weighted by molar-refractivity contribution is 6.15. The van der Waals surface area contributed by atoms with Gasteiger partial charge >= 0.3 is 5.97 Å². The molecule has 7 atom stereocenters. The lowest BCUT2D eigenvalue weighted by Gasteiger charge is -2.36. The van der Waals surface area contributed by atoms with Crippen LogP contribution in [0.3, 0.4) is 0 Å². The molecule has 0 saturated carbocycles. The topological polar surface area (TPSA) is 229 Å². The van der Waals surface area contributed by atoms with E-state index >= 15 is 0 Å². The van der Waals surface area contributed by atoms with Crippen LogP contribution in [0.25, 0.3) is 10.8 Å². The summed E-state index contributed by atoms with van der Waals surface area (Å²) in [4.78, 5) is 65.8. The molecule has 2 aliphatic heterocycles. The third-order valence-electron chi connectivity index (χ3n) is 13.8. The molecule has 73 heavy (non-hydrogen) atoms. The van der Waals surface area contributed by atoms with E-state index in [9.17, 15) is 39.6 Å². The number of rotatable bonds is 23. The molecule has 5 rings (SSSR count). The first kappa shape index (κ1) is 59.5. The first-order valence-electron chi connectivity index (χ1n) is 25.7. The predicted octanol–water partition coefficient (Wildman–Crippen LogP) is 7.98. The van der Waals surface area contributed by atoms with E-state index in [0.29, 0.717) is 49.1 Å². The van der Waals surface area contributed by atoms with Crippen molar-refractivity contribution in [1.29, 1.82) is 0 Å². The Bertz CT molecular complexity index is 2620. The van der Waals surface area contributed by atoms with Crippen LogP contribution in [0.15, 0.2) is 76.5 Å². The molecule has 16 nitrogen and oxygen atoms in total. The van der Waals surface area contributed by atoms with Crippen molar-refractivity contribution < 1.29 is 53.8 Å². The molecule has 0 aromatic heterocycles. The number of ether oxygens (including phenoxy) is 3. The van der Waals surface area contributed by atoms with Gasteiger partial charge in [0.05, 0.1) is 41.9 Å². The fourth-order valence-electron chi connectivity index (χ4n) is 9.99. The molecule has 400 valence electrons. The molecule has 0 bridgehead atoms. The van der Waals surface area contributed by atoms with Gasteiger partial charge in [0.25, 0.3) is 5.91 Å². The van der Waals surface area contributed by atoms with Gasteiger partial charge in [-0.3, -0.25) is 29.2 Å². The second kappa shape index (κ2) is 27.3. The number of methoxy groups -OCH3 is 2. The summed E-state index contributed by atoms with van der Waals surface area (Å²) in [6, 6.07) is 9.65. The number of allylic oxidation sites excluding steroid dienone is 3. The molecule has 1 fully saturated rings. The van der Waals surface area contributed by atoms with Crippen molar-refractivity contribution in [2.75, 3.05) is 45.7 Å². The Kier molecular flexibility index (Phi) is 22.2. The van der Waals surface area contributed by atoms with Crippen LogP contribution in [0.5, 0.6) is 17.2 Å². The maximum absolute atomic E-state index is 14.0. The number of likely N-dealkylation sites (tertiary alicyclic amines) is 1. The van der Waals surface area contributed by atoms with Crippen molar-refractivity contribution in [1.82, 2.24) is 10.2 Å². The van der Waals surface area contributed by atoms with Crippen molar-refractivity contribution in [3.63, 3.8) is 0 Å². The molecule has 2 aliphatic rings. The number of carbonyl (C=O) groups excluding carboxylic acids is 4. The summed E-state index contributed by atoms with van der Waals surface area (Å²) in [6.45, 7) is 23.1. The number of amides is 2. The van der Waals surface area contributed by atoms with Crippen LogP contribution in [0.1, 0.15) is 116 Å². The zero-order valence-electron chi connectivity index (χ0n) is 45.2. The highest BCUT2D eigenvalue weighted by atomic mass is 16.5. The summed E-state index contributed by atoms with van der Waals surface area (Å²) in [6.07, 6.45) is 6.81. The van der Waals surface area contributed by atoms with E-state index in [2.05, 4.69) is 29.4 Å². The van der Waals surface area contributed by atoms with Crippen molar-refractivity contribution in [2.45, 2.75) is 132 Å². The summed E-state index contributed by atoms with van der Waals surface area (Å²) < 4.78 is 17.1. The van der Waals surface area contributed by atoms with Gasteiger partial charge < -0.3 is 50.2 Å².